The van der Waals surface area contributed by atoms with Crippen LogP contribution in [0.25, 0.3) is 11.5 Å². The van der Waals surface area contributed by atoms with Gasteiger partial charge < -0.3 is 9.88 Å². The number of aryl methyl sites for hydroxylation is 1. The number of rotatable bonds is 3. The molecule has 4 rings (SSSR count). The van der Waals surface area contributed by atoms with E-state index in [0.717, 1.165) is 29.2 Å². The number of aromatic nitrogens is 5. The smallest absolute Gasteiger partial charge is 0.272 e. The molecule has 0 radical (unpaired) electrons. The van der Waals surface area contributed by atoms with Crippen LogP contribution < -0.4 is 0 Å². The number of hydrogen-bond acceptors (Lipinski definition) is 4. The normalized spacial score (nSPS) is 13.9. The highest BCUT2D eigenvalue weighted by molar-refractivity contribution is 5.92. The molecule has 3 aromatic heterocycles. The number of fused-ring (bicyclic) bond motifs is 1. The zero-order chi connectivity index (χ0) is 18.3. The summed E-state index contributed by atoms with van der Waals surface area (Å²) < 4.78 is 2.06. The largest absolute Gasteiger partial charge is 0.343 e. The van der Waals surface area contributed by atoms with E-state index in [0.29, 0.717) is 18.8 Å². The van der Waals surface area contributed by atoms with Crippen molar-refractivity contribution in [3.05, 3.63) is 53.2 Å². The standard InChI is InChI=1S/C19H22N6O/c1-12(2)25-16-7-10-24(19(26)15-6-4-5-13(3)22-15)11-14(16)17(23-25)18-20-8-9-21-18/h4-6,8-9,12H,7,10-11H2,1-3H3,(H,20,21). The van der Waals surface area contributed by atoms with Crippen LogP contribution in [0.4, 0.5) is 0 Å². The monoisotopic (exact) mass is 350 g/mol. The van der Waals surface area contributed by atoms with Gasteiger partial charge in [-0.25, -0.2) is 9.97 Å². The Hall–Kier alpha value is -2.96. The number of aromatic amines is 1. The van der Waals surface area contributed by atoms with Crippen molar-refractivity contribution < 1.29 is 4.79 Å². The van der Waals surface area contributed by atoms with E-state index < -0.39 is 0 Å². The van der Waals surface area contributed by atoms with Crippen molar-refractivity contribution in [2.45, 2.75) is 39.8 Å². The minimum absolute atomic E-state index is 0.0398. The molecule has 0 aromatic carbocycles. The van der Waals surface area contributed by atoms with Crippen LogP contribution in [0.2, 0.25) is 0 Å². The average molecular weight is 350 g/mol. The molecule has 0 spiro atoms. The molecule has 3 aromatic rings. The third kappa shape index (κ3) is 2.79. The number of nitrogens with zero attached hydrogens (tertiary/aromatic N) is 5. The quantitative estimate of drug-likeness (QED) is 0.788. The van der Waals surface area contributed by atoms with Gasteiger partial charge in [0.1, 0.15) is 11.4 Å². The van der Waals surface area contributed by atoms with Crippen molar-refractivity contribution in [1.29, 1.82) is 0 Å². The van der Waals surface area contributed by atoms with Gasteiger partial charge in [-0.3, -0.25) is 9.48 Å². The van der Waals surface area contributed by atoms with E-state index in [1.54, 1.807) is 18.5 Å². The maximum Gasteiger partial charge on any atom is 0.272 e. The van der Waals surface area contributed by atoms with Crippen molar-refractivity contribution in [2.24, 2.45) is 0 Å². The summed E-state index contributed by atoms with van der Waals surface area (Å²) in [5, 5.41) is 4.78. The second-order valence-corrected chi connectivity index (χ2v) is 6.89. The van der Waals surface area contributed by atoms with Crippen molar-refractivity contribution in [2.75, 3.05) is 6.54 Å². The SMILES string of the molecule is Cc1cccc(C(=O)N2CCc3c(c(-c4ncc[nH]4)nn3C(C)C)C2)n1. The summed E-state index contributed by atoms with van der Waals surface area (Å²) in [5.41, 5.74) is 4.42. The van der Waals surface area contributed by atoms with E-state index in [1.165, 1.54) is 5.69 Å². The molecule has 0 bridgehead atoms. The first kappa shape index (κ1) is 16.5. The Labute approximate surface area is 152 Å². The number of pyridine rings is 1. The Balaban J connectivity index is 1.71. The summed E-state index contributed by atoms with van der Waals surface area (Å²) in [6.45, 7) is 7.32. The van der Waals surface area contributed by atoms with Crippen LogP contribution in [-0.4, -0.2) is 42.1 Å². The van der Waals surface area contributed by atoms with Crippen LogP contribution in [0.15, 0.2) is 30.6 Å². The number of nitrogens with one attached hydrogen (secondary N) is 1. The van der Waals surface area contributed by atoms with Gasteiger partial charge in [-0.15, -0.1) is 0 Å². The Morgan fingerprint density at radius 3 is 2.85 bits per heavy atom. The predicted molar refractivity (Wildman–Crippen MR) is 97.6 cm³/mol. The number of H-pyrrole nitrogens is 1. The predicted octanol–water partition coefficient (Wildman–Crippen LogP) is 2.76. The number of imidazole rings is 1. The second kappa shape index (κ2) is 6.40. The van der Waals surface area contributed by atoms with E-state index in [9.17, 15) is 4.79 Å². The van der Waals surface area contributed by atoms with Crippen LogP contribution in [0, 0.1) is 6.92 Å². The molecule has 0 saturated carbocycles. The fourth-order valence-corrected chi connectivity index (χ4v) is 3.46. The van der Waals surface area contributed by atoms with Crippen molar-refractivity contribution >= 4 is 5.91 Å². The van der Waals surface area contributed by atoms with Gasteiger partial charge in [-0.2, -0.15) is 5.10 Å². The number of carbonyl (C=O) groups excluding carboxylic acids is 1. The molecule has 7 nitrogen and oxygen atoms in total. The van der Waals surface area contributed by atoms with Gasteiger partial charge >= 0.3 is 0 Å². The lowest BCUT2D eigenvalue weighted by Gasteiger charge is -2.28. The summed E-state index contributed by atoms with van der Waals surface area (Å²) >= 11 is 0. The van der Waals surface area contributed by atoms with Gasteiger partial charge in [0, 0.05) is 48.4 Å². The fourth-order valence-electron chi connectivity index (χ4n) is 3.46. The molecular weight excluding hydrogens is 328 g/mol. The number of carbonyl (C=O) groups is 1. The zero-order valence-corrected chi connectivity index (χ0v) is 15.2. The molecule has 1 aliphatic rings. The lowest BCUT2D eigenvalue weighted by Crippen LogP contribution is -2.37. The molecule has 0 aliphatic carbocycles. The first-order valence-corrected chi connectivity index (χ1v) is 8.87. The minimum Gasteiger partial charge on any atom is -0.343 e. The minimum atomic E-state index is -0.0398. The fraction of sp³-hybridized carbons (Fsp3) is 0.368. The number of amides is 1. The Morgan fingerprint density at radius 1 is 1.31 bits per heavy atom. The first-order chi connectivity index (χ1) is 12.5. The van der Waals surface area contributed by atoms with Crippen molar-refractivity contribution in [1.82, 2.24) is 29.6 Å². The summed E-state index contributed by atoms with van der Waals surface area (Å²) in [4.78, 5) is 26.6. The number of hydrogen-bond donors (Lipinski definition) is 1. The summed E-state index contributed by atoms with van der Waals surface area (Å²) in [6.07, 6.45) is 4.29. The topological polar surface area (TPSA) is 79.7 Å². The average Bonchev–Trinajstić information content (AvgIpc) is 3.28. The highest BCUT2D eigenvalue weighted by atomic mass is 16.2. The van der Waals surface area contributed by atoms with Gasteiger partial charge in [0.15, 0.2) is 5.82 Å². The van der Waals surface area contributed by atoms with Crippen LogP contribution in [0.5, 0.6) is 0 Å². The Bertz CT molecular complexity index is 941. The first-order valence-electron chi connectivity index (χ1n) is 8.87. The molecule has 1 aliphatic heterocycles. The van der Waals surface area contributed by atoms with Gasteiger partial charge in [-0.05, 0) is 32.9 Å². The molecule has 1 N–H and O–H groups in total. The lowest BCUT2D eigenvalue weighted by atomic mass is 10.0. The molecule has 0 unspecified atom stereocenters. The molecule has 0 atom stereocenters. The highest BCUT2D eigenvalue weighted by Crippen LogP contribution is 2.30. The van der Waals surface area contributed by atoms with E-state index in [-0.39, 0.29) is 11.9 Å². The van der Waals surface area contributed by atoms with Gasteiger partial charge in [-0.1, -0.05) is 6.07 Å². The molecule has 4 heterocycles. The summed E-state index contributed by atoms with van der Waals surface area (Å²) in [6, 6.07) is 5.80. The highest BCUT2D eigenvalue weighted by Gasteiger charge is 2.30. The van der Waals surface area contributed by atoms with Crippen molar-refractivity contribution in [3.63, 3.8) is 0 Å². The van der Waals surface area contributed by atoms with E-state index >= 15 is 0 Å². The van der Waals surface area contributed by atoms with E-state index in [4.69, 9.17) is 5.10 Å². The van der Waals surface area contributed by atoms with Gasteiger partial charge in [0.2, 0.25) is 0 Å². The molecule has 0 fully saturated rings. The molecule has 7 heteroatoms. The Morgan fingerprint density at radius 2 is 2.15 bits per heavy atom. The maximum atomic E-state index is 12.9. The Kier molecular flexibility index (Phi) is 4.06. The molecule has 26 heavy (non-hydrogen) atoms. The molecule has 0 saturated heterocycles. The second-order valence-electron chi connectivity index (χ2n) is 6.89. The van der Waals surface area contributed by atoms with Crippen molar-refractivity contribution in [3.8, 4) is 11.5 Å². The van der Waals surface area contributed by atoms with Gasteiger partial charge in [0.25, 0.3) is 5.91 Å². The van der Waals surface area contributed by atoms with E-state index in [1.807, 2.05) is 24.0 Å². The van der Waals surface area contributed by atoms with E-state index in [2.05, 4.69) is 33.5 Å². The van der Waals surface area contributed by atoms with Crippen LogP contribution in [-0.2, 0) is 13.0 Å². The van der Waals surface area contributed by atoms with Gasteiger partial charge in [0.05, 0.1) is 6.54 Å². The molecular formula is C19H22N6O. The zero-order valence-electron chi connectivity index (χ0n) is 15.2. The third-order valence-corrected chi connectivity index (χ3v) is 4.69. The summed E-state index contributed by atoms with van der Waals surface area (Å²) in [5.74, 6) is 0.700. The van der Waals surface area contributed by atoms with Crippen LogP contribution >= 0.6 is 0 Å². The lowest BCUT2D eigenvalue weighted by molar-refractivity contribution is 0.0727. The van der Waals surface area contributed by atoms with Crippen LogP contribution in [0.1, 0.15) is 47.3 Å². The maximum absolute atomic E-state index is 12.9. The van der Waals surface area contributed by atoms with Crippen LogP contribution in [0.3, 0.4) is 0 Å². The third-order valence-electron chi connectivity index (χ3n) is 4.69. The molecule has 134 valence electrons. The molecule has 1 amide bonds. The summed E-state index contributed by atoms with van der Waals surface area (Å²) in [7, 11) is 0.